The standard InChI is InChI=1S/C18H16ClF2N7O5S/c1-28-23-6-10(26-28)12-9(19)5-4-8-11(7-22-13(8)12)34(29,30)27-18-24-15(31-2)14(33-17(20)21)16(25-18)32-3/h4-7,17,22H,1-3H3,(H,24,25,27). The van der Waals surface area contributed by atoms with E-state index >= 15 is 0 Å². The first-order valence-corrected chi connectivity index (χ1v) is 11.1. The molecule has 0 aliphatic rings. The van der Waals surface area contributed by atoms with Crippen LogP contribution in [0, 0.1) is 0 Å². The van der Waals surface area contributed by atoms with Crippen LogP contribution in [-0.2, 0) is 17.1 Å². The second-order valence-electron chi connectivity index (χ2n) is 6.60. The summed E-state index contributed by atoms with van der Waals surface area (Å²) in [6.45, 7) is -3.21. The molecule has 0 atom stereocenters. The third kappa shape index (κ3) is 4.26. The molecule has 0 spiro atoms. The maximum Gasteiger partial charge on any atom is 0.387 e. The molecule has 0 saturated carbocycles. The molecule has 3 aromatic heterocycles. The zero-order chi connectivity index (χ0) is 24.6. The monoisotopic (exact) mass is 515 g/mol. The number of aryl methyl sites for hydroxylation is 1. The molecule has 12 nitrogen and oxygen atoms in total. The first-order valence-electron chi connectivity index (χ1n) is 9.28. The summed E-state index contributed by atoms with van der Waals surface area (Å²) in [5.41, 5.74) is 1.30. The summed E-state index contributed by atoms with van der Waals surface area (Å²) in [5, 5.41) is 8.87. The fourth-order valence-corrected chi connectivity index (χ4v) is 4.55. The number of benzene rings is 1. The summed E-state index contributed by atoms with van der Waals surface area (Å²) in [4.78, 5) is 11.7. The first-order chi connectivity index (χ1) is 16.1. The van der Waals surface area contributed by atoms with E-state index in [1.807, 2.05) is 0 Å². The molecule has 180 valence electrons. The van der Waals surface area contributed by atoms with Crippen LogP contribution >= 0.6 is 11.6 Å². The molecule has 4 aromatic rings. The van der Waals surface area contributed by atoms with Crippen molar-refractivity contribution in [3.05, 3.63) is 29.5 Å². The zero-order valence-corrected chi connectivity index (χ0v) is 19.3. The maximum absolute atomic E-state index is 13.2. The van der Waals surface area contributed by atoms with Gasteiger partial charge >= 0.3 is 6.61 Å². The molecule has 2 N–H and O–H groups in total. The topological polar surface area (TPSA) is 146 Å². The predicted octanol–water partition coefficient (Wildman–Crippen LogP) is 2.83. The summed E-state index contributed by atoms with van der Waals surface area (Å²) in [6, 6.07) is 3.05. The molecule has 0 amide bonds. The molecular weight excluding hydrogens is 500 g/mol. The lowest BCUT2D eigenvalue weighted by atomic mass is 10.1. The molecule has 0 unspecified atom stereocenters. The molecule has 0 saturated heterocycles. The summed E-state index contributed by atoms with van der Waals surface area (Å²) >= 11 is 6.34. The van der Waals surface area contributed by atoms with E-state index in [1.165, 1.54) is 29.3 Å². The third-order valence-electron chi connectivity index (χ3n) is 4.54. The number of anilines is 1. The minimum absolute atomic E-state index is 0.154. The molecule has 3 heterocycles. The molecule has 0 aliphatic heterocycles. The summed E-state index contributed by atoms with van der Waals surface area (Å²) in [5.74, 6) is -1.99. The lowest BCUT2D eigenvalue weighted by Gasteiger charge is -2.14. The lowest BCUT2D eigenvalue weighted by Crippen LogP contribution is -2.16. The van der Waals surface area contributed by atoms with Crippen molar-refractivity contribution >= 4 is 38.5 Å². The number of hydrogen-bond acceptors (Lipinski definition) is 9. The lowest BCUT2D eigenvalue weighted by molar-refractivity contribution is -0.0533. The van der Waals surface area contributed by atoms with Crippen LogP contribution in [-0.4, -0.2) is 59.2 Å². The Bertz CT molecular complexity index is 1450. The number of ether oxygens (including phenoxy) is 3. The molecule has 16 heteroatoms. The van der Waals surface area contributed by atoms with Crippen LogP contribution < -0.4 is 18.9 Å². The third-order valence-corrected chi connectivity index (χ3v) is 6.22. The predicted molar refractivity (Wildman–Crippen MR) is 116 cm³/mol. The van der Waals surface area contributed by atoms with E-state index in [-0.39, 0.29) is 4.90 Å². The Balaban J connectivity index is 1.77. The van der Waals surface area contributed by atoms with Crippen LogP contribution in [0.3, 0.4) is 0 Å². The number of nitrogens with one attached hydrogen (secondary N) is 2. The van der Waals surface area contributed by atoms with E-state index in [1.54, 1.807) is 7.05 Å². The van der Waals surface area contributed by atoms with Gasteiger partial charge in [0.1, 0.15) is 10.6 Å². The van der Waals surface area contributed by atoms with Crippen LogP contribution in [0.4, 0.5) is 14.7 Å². The van der Waals surface area contributed by atoms with Crippen molar-refractivity contribution in [1.29, 1.82) is 0 Å². The van der Waals surface area contributed by atoms with Gasteiger partial charge < -0.3 is 19.2 Å². The van der Waals surface area contributed by atoms with Crippen LogP contribution in [0.1, 0.15) is 0 Å². The molecule has 0 bridgehead atoms. The zero-order valence-electron chi connectivity index (χ0n) is 17.7. The molecule has 0 fully saturated rings. The number of hydrogen-bond donors (Lipinski definition) is 2. The number of halogens is 3. The average molecular weight is 516 g/mol. The van der Waals surface area contributed by atoms with Crippen molar-refractivity contribution in [3.63, 3.8) is 0 Å². The van der Waals surface area contributed by atoms with Crippen LogP contribution in [0.25, 0.3) is 22.2 Å². The van der Waals surface area contributed by atoms with E-state index in [0.29, 0.717) is 27.2 Å². The van der Waals surface area contributed by atoms with Crippen molar-refractivity contribution in [2.75, 3.05) is 18.9 Å². The maximum atomic E-state index is 13.2. The van der Waals surface area contributed by atoms with E-state index in [4.69, 9.17) is 21.1 Å². The largest absolute Gasteiger partial charge is 0.478 e. The van der Waals surface area contributed by atoms with Gasteiger partial charge in [-0.3, -0.25) is 0 Å². The molecule has 1 aromatic carbocycles. The van der Waals surface area contributed by atoms with Crippen molar-refractivity contribution in [2.45, 2.75) is 11.5 Å². The number of aromatic nitrogens is 6. The Labute approximate surface area is 195 Å². The Morgan fingerprint density at radius 3 is 2.41 bits per heavy atom. The second-order valence-corrected chi connectivity index (χ2v) is 8.65. The van der Waals surface area contributed by atoms with Gasteiger partial charge in [-0.15, -0.1) is 0 Å². The highest BCUT2D eigenvalue weighted by atomic mass is 35.5. The Morgan fingerprint density at radius 1 is 1.18 bits per heavy atom. The quantitative estimate of drug-likeness (QED) is 0.361. The van der Waals surface area contributed by atoms with Crippen LogP contribution in [0.15, 0.2) is 29.4 Å². The number of methoxy groups -OCH3 is 2. The van der Waals surface area contributed by atoms with Crippen molar-refractivity contribution in [3.8, 4) is 28.8 Å². The van der Waals surface area contributed by atoms with Crippen molar-refractivity contribution in [1.82, 2.24) is 29.9 Å². The molecule has 4 rings (SSSR count). The number of sulfonamides is 1. The number of nitrogens with zero attached hydrogens (tertiary/aromatic N) is 5. The van der Waals surface area contributed by atoms with Gasteiger partial charge in [0.25, 0.3) is 21.8 Å². The SMILES string of the molecule is COc1nc(NS(=O)(=O)c2c[nH]c3c(-c4cnn(C)n4)c(Cl)ccc23)nc(OC)c1OC(F)F. The summed E-state index contributed by atoms with van der Waals surface area (Å²) < 4.78 is 68.1. The number of aromatic amines is 1. The van der Waals surface area contributed by atoms with E-state index < -0.39 is 40.1 Å². The first kappa shape index (κ1) is 23.4. The fourth-order valence-electron chi connectivity index (χ4n) is 3.18. The second kappa shape index (κ2) is 8.90. The van der Waals surface area contributed by atoms with Crippen LogP contribution in [0.5, 0.6) is 17.5 Å². The highest BCUT2D eigenvalue weighted by Gasteiger charge is 2.26. The minimum Gasteiger partial charge on any atom is -0.478 e. The van der Waals surface area contributed by atoms with E-state index in [0.717, 1.165) is 14.2 Å². The van der Waals surface area contributed by atoms with Crippen molar-refractivity contribution < 1.29 is 31.4 Å². The highest BCUT2D eigenvalue weighted by molar-refractivity contribution is 7.93. The molecular formula is C18H16ClF2N7O5S. The number of rotatable bonds is 8. The average Bonchev–Trinajstić information content (AvgIpc) is 3.40. The summed E-state index contributed by atoms with van der Waals surface area (Å²) in [6.07, 6.45) is 2.75. The Morgan fingerprint density at radius 2 is 1.85 bits per heavy atom. The highest BCUT2D eigenvalue weighted by Crippen LogP contribution is 2.38. The fraction of sp³-hybridized carbons (Fsp3) is 0.222. The van der Waals surface area contributed by atoms with Gasteiger partial charge in [-0.05, 0) is 12.1 Å². The van der Waals surface area contributed by atoms with Crippen molar-refractivity contribution in [2.24, 2.45) is 7.05 Å². The Hall–Kier alpha value is -3.72. The number of fused-ring (bicyclic) bond motifs is 1. The number of alkyl halides is 2. The van der Waals surface area contributed by atoms with Crippen LogP contribution in [0.2, 0.25) is 5.02 Å². The van der Waals surface area contributed by atoms with E-state index in [9.17, 15) is 17.2 Å². The van der Waals surface area contributed by atoms with E-state index in [2.05, 4.69) is 34.6 Å². The minimum atomic E-state index is -4.28. The molecule has 0 aliphatic carbocycles. The number of H-pyrrole nitrogens is 1. The van der Waals surface area contributed by atoms with Gasteiger partial charge in [0.15, 0.2) is 0 Å². The van der Waals surface area contributed by atoms with Gasteiger partial charge in [0.05, 0.1) is 31.0 Å². The Kier molecular flexibility index (Phi) is 6.14. The van der Waals surface area contributed by atoms with Gasteiger partial charge in [-0.2, -0.15) is 33.7 Å². The van der Waals surface area contributed by atoms with Gasteiger partial charge in [0, 0.05) is 24.2 Å². The van der Waals surface area contributed by atoms with Gasteiger partial charge in [0.2, 0.25) is 11.7 Å². The van der Waals surface area contributed by atoms with Gasteiger partial charge in [-0.25, -0.2) is 13.1 Å². The summed E-state index contributed by atoms with van der Waals surface area (Å²) in [7, 11) is -0.379. The normalized spacial score (nSPS) is 11.7. The molecule has 34 heavy (non-hydrogen) atoms. The van der Waals surface area contributed by atoms with Gasteiger partial charge in [-0.1, -0.05) is 11.6 Å². The molecule has 0 radical (unpaired) electrons. The smallest absolute Gasteiger partial charge is 0.387 e.